The summed E-state index contributed by atoms with van der Waals surface area (Å²) in [6.45, 7) is 0. The molecule has 3 aromatic rings. The molecule has 1 heterocycles. The zero-order chi connectivity index (χ0) is 19.8. The third kappa shape index (κ3) is 3.94. The summed E-state index contributed by atoms with van der Waals surface area (Å²) in [7, 11) is 1.43. The van der Waals surface area contributed by atoms with Gasteiger partial charge in [0.05, 0.1) is 11.3 Å². The standard InChI is InChI=1S/C18H12Cl2F3N3O/c1-26-9-12(16(25-26)18(19,20)23)17(27)24-15-11(7-8-13(21)14(15)22)10-5-3-2-4-6-10/h2-9H,1H3,(H,24,27). The van der Waals surface area contributed by atoms with Crippen LogP contribution < -0.4 is 5.32 Å². The maximum Gasteiger partial charge on any atom is 0.302 e. The van der Waals surface area contributed by atoms with Gasteiger partial charge in [0.25, 0.3) is 5.91 Å². The minimum Gasteiger partial charge on any atom is -0.319 e. The van der Waals surface area contributed by atoms with Crippen LogP contribution in [0.3, 0.4) is 0 Å². The quantitative estimate of drug-likeness (QED) is 0.599. The van der Waals surface area contributed by atoms with Crippen LogP contribution in [-0.2, 0) is 11.6 Å². The molecule has 0 bridgehead atoms. The van der Waals surface area contributed by atoms with E-state index in [0.717, 1.165) is 10.7 Å². The summed E-state index contributed by atoms with van der Waals surface area (Å²) in [5.74, 6) is -3.34. The Bertz CT molecular complexity index is 1000. The van der Waals surface area contributed by atoms with Crippen molar-refractivity contribution in [3.05, 3.63) is 71.6 Å². The van der Waals surface area contributed by atoms with E-state index in [2.05, 4.69) is 10.4 Å². The lowest BCUT2D eigenvalue weighted by Gasteiger charge is -2.14. The van der Waals surface area contributed by atoms with Gasteiger partial charge in [-0.1, -0.05) is 53.5 Å². The van der Waals surface area contributed by atoms with Gasteiger partial charge in [-0.25, -0.2) is 13.2 Å². The number of aryl methyl sites for hydroxylation is 1. The van der Waals surface area contributed by atoms with Crippen LogP contribution in [0.1, 0.15) is 16.1 Å². The Labute approximate surface area is 162 Å². The van der Waals surface area contributed by atoms with Crippen molar-refractivity contribution in [2.75, 3.05) is 5.32 Å². The van der Waals surface area contributed by atoms with Gasteiger partial charge in [-0.05, 0) is 17.7 Å². The van der Waals surface area contributed by atoms with Gasteiger partial charge in [0.2, 0.25) is 0 Å². The van der Waals surface area contributed by atoms with Crippen LogP contribution in [0.4, 0.5) is 18.9 Å². The number of hydrogen-bond acceptors (Lipinski definition) is 2. The van der Waals surface area contributed by atoms with Crippen molar-refractivity contribution in [1.82, 2.24) is 9.78 Å². The van der Waals surface area contributed by atoms with Crippen molar-refractivity contribution in [1.29, 1.82) is 0 Å². The fourth-order valence-electron chi connectivity index (χ4n) is 2.58. The summed E-state index contributed by atoms with van der Waals surface area (Å²) in [6, 6.07) is 10.8. The molecule has 1 amide bonds. The number of benzene rings is 2. The highest BCUT2D eigenvalue weighted by Gasteiger charge is 2.35. The first-order chi connectivity index (χ1) is 12.7. The number of carbonyl (C=O) groups is 1. The van der Waals surface area contributed by atoms with Crippen LogP contribution in [0.15, 0.2) is 48.7 Å². The number of nitrogens with one attached hydrogen (secondary N) is 1. The summed E-state index contributed by atoms with van der Waals surface area (Å²) in [6.07, 6.45) is 1.17. The molecule has 0 saturated heterocycles. The van der Waals surface area contributed by atoms with E-state index in [1.165, 1.54) is 19.3 Å². The number of alkyl halides is 3. The first kappa shape index (κ1) is 19.3. The topological polar surface area (TPSA) is 46.9 Å². The SMILES string of the molecule is Cn1cc(C(=O)Nc2c(-c3ccccc3)ccc(F)c2F)c(C(F)(Cl)Cl)n1. The number of carbonyl (C=O) groups excluding carboxylic acids is 1. The number of hydrogen-bond donors (Lipinski definition) is 1. The third-order valence-corrected chi connectivity index (χ3v) is 4.12. The molecule has 0 unspecified atom stereocenters. The number of amides is 1. The van der Waals surface area contributed by atoms with E-state index >= 15 is 0 Å². The number of aromatic nitrogens is 2. The summed E-state index contributed by atoms with van der Waals surface area (Å²) in [4.78, 5) is 12.6. The van der Waals surface area contributed by atoms with E-state index in [-0.39, 0.29) is 11.1 Å². The average molecular weight is 414 g/mol. The van der Waals surface area contributed by atoms with Gasteiger partial charge in [-0.2, -0.15) is 5.10 Å². The van der Waals surface area contributed by atoms with E-state index in [0.29, 0.717) is 5.56 Å². The maximum absolute atomic E-state index is 14.4. The van der Waals surface area contributed by atoms with Crippen molar-refractivity contribution >= 4 is 34.8 Å². The second kappa shape index (κ2) is 7.25. The second-order valence-corrected chi connectivity index (χ2v) is 6.90. The van der Waals surface area contributed by atoms with Gasteiger partial charge in [0.1, 0.15) is 5.69 Å². The second-order valence-electron chi connectivity index (χ2n) is 5.67. The van der Waals surface area contributed by atoms with Crippen LogP contribution in [0, 0.1) is 11.6 Å². The molecule has 0 aliphatic rings. The fraction of sp³-hybridized carbons (Fsp3) is 0.111. The Balaban J connectivity index is 2.06. The van der Waals surface area contributed by atoms with Crippen LogP contribution in [0.5, 0.6) is 0 Å². The molecule has 9 heteroatoms. The van der Waals surface area contributed by atoms with Crippen LogP contribution >= 0.6 is 23.2 Å². The van der Waals surface area contributed by atoms with E-state index < -0.39 is 33.5 Å². The Morgan fingerprint density at radius 1 is 1.15 bits per heavy atom. The number of nitrogens with zero attached hydrogens (tertiary/aromatic N) is 2. The predicted octanol–water partition coefficient (Wildman–Crippen LogP) is 5.18. The van der Waals surface area contributed by atoms with Gasteiger partial charge in [0, 0.05) is 18.8 Å². The number of rotatable bonds is 4. The molecule has 0 saturated carbocycles. The van der Waals surface area contributed by atoms with Crippen molar-refractivity contribution < 1.29 is 18.0 Å². The molecule has 27 heavy (non-hydrogen) atoms. The molecular weight excluding hydrogens is 402 g/mol. The molecule has 0 fully saturated rings. The van der Waals surface area contributed by atoms with Gasteiger partial charge < -0.3 is 5.32 Å². The highest BCUT2D eigenvalue weighted by atomic mass is 35.5. The average Bonchev–Trinajstić information content (AvgIpc) is 3.02. The van der Waals surface area contributed by atoms with E-state index in [4.69, 9.17) is 23.2 Å². The number of anilines is 1. The highest BCUT2D eigenvalue weighted by molar-refractivity contribution is 6.46. The lowest BCUT2D eigenvalue weighted by atomic mass is 10.0. The maximum atomic E-state index is 14.4. The lowest BCUT2D eigenvalue weighted by Crippen LogP contribution is -2.18. The summed E-state index contributed by atoms with van der Waals surface area (Å²) >= 11 is 10.8. The molecule has 0 spiro atoms. The molecular formula is C18H12Cl2F3N3O. The minimum absolute atomic E-state index is 0.247. The Morgan fingerprint density at radius 3 is 2.44 bits per heavy atom. The first-order valence-corrected chi connectivity index (χ1v) is 8.39. The zero-order valence-electron chi connectivity index (χ0n) is 13.8. The molecule has 4 nitrogen and oxygen atoms in total. The molecule has 0 aliphatic heterocycles. The van der Waals surface area contributed by atoms with Gasteiger partial charge >= 0.3 is 4.59 Å². The summed E-state index contributed by atoms with van der Waals surface area (Å²) in [5.41, 5.74) is -0.463. The Morgan fingerprint density at radius 2 is 1.81 bits per heavy atom. The van der Waals surface area contributed by atoms with Crippen LogP contribution in [-0.4, -0.2) is 15.7 Å². The van der Waals surface area contributed by atoms with E-state index in [9.17, 15) is 18.0 Å². The summed E-state index contributed by atoms with van der Waals surface area (Å²) < 4.78 is 40.3. The highest BCUT2D eigenvalue weighted by Crippen LogP contribution is 2.37. The van der Waals surface area contributed by atoms with Crippen LogP contribution in [0.25, 0.3) is 11.1 Å². The van der Waals surface area contributed by atoms with E-state index in [1.54, 1.807) is 30.3 Å². The van der Waals surface area contributed by atoms with Crippen LogP contribution in [0.2, 0.25) is 0 Å². The van der Waals surface area contributed by atoms with Crippen molar-refractivity contribution in [2.45, 2.75) is 4.59 Å². The zero-order valence-corrected chi connectivity index (χ0v) is 15.3. The van der Waals surface area contributed by atoms with Crippen molar-refractivity contribution in [3.8, 4) is 11.1 Å². The third-order valence-electron chi connectivity index (χ3n) is 3.76. The predicted molar refractivity (Wildman–Crippen MR) is 97.4 cm³/mol. The molecule has 0 radical (unpaired) electrons. The van der Waals surface area contributed by atoms with Gasteiger partial charge in [-0.15, -0.1) is 0 Å². The molecule has 1 aromatic heterocycles. The lowest BCUT2D eigenvalue weighted by molar-refractivity contribution is 0.102. The molecule has 0 atom stereocenters. The van der Waals surface area contributed by atoms with Crippen molar-refractivity contribution in [2.24, 2.45) is 7.05 Å². The molecule has 0 aliphatic carbocycles. The monoisotopic (exact) mass is 413 g/mol. The molecule has 3 rings (SSSR count). The number of halogens is 5. The van der Waals surface area contributed by atoms with Gasteiger partial charge in [-0.3, -0.25) is 9.48 Å². The van der Waals surface area contributed by atoms with E-state index in [1.807, 2.05) is 0 Å². The van der Waals surface area contributed by atoms with Crippen molar-refractivity contribution in [3.63, 3.8) is 0 Å². The molecule has 140 valence electrons. The normalized spacial score (nSPS) is 11.5. The molecule has 2 aromatic carbocycles. The van der Waals surface area contributed by atoms with Gasteiger partial charge in [0.15, 0.2) is 11.6 Å². The smallest absolute Gasteiger partial charge is 0.302 e. The fourth-order valence-corrected chi connectivity index (χ4v) is 2.86. The Kier molecular flexibility index (Phi) is 5.17. The largest absolute Gasteiger partial charge is 0.319 e. The summed E-state index contributed by atoms with van der Waals surface area (Å²) in [5, 5.41) is 5.98. The molecule has 1 N–H and O–H groups in total. The first-order valence-electron chi connectivity index (χ1n) is 7.64. The minimum atomic E-state index is -2.93. The Hall–Kier alpha value is -2.51.